The second-order valence-electron chi connectivity index (χ2n) is 2.63. The molecular weight excluding hydrogens is 198 g/mol. The number of rotatable bonds is 6. The van der Waals surface area contributed by atoms with E-state index < -0.39 is 42.2 Å². The molecular formula is C6H11NO7. The molecule has 0 aliphatic heterocycles. The van der Waals surface area contributed by atoms with E-state index in [1.807, 2.05) is 0 Å². The molecule has 0 saturated carbocycles. The molecule has 0 rings (SSSR count). The molecule has 8 nitrogen and oxygen atoms in total. The SMILES string of the molecule is O=C(C(O)C[N+](=O)[O-])[C@@H](O)[C@H](O)CO. The molecule has 8 heteroatoms. The second-order valence-corrected chi connectivity index (χ2v) is 2.63. The van der Waals surface area contributed by atoms with Gasteiger partial charge in [0, 0.05) is 4.92 Å². The summed E-state index contributed by atoms with van der Waals surface area (Å²) in [6.07, 6.45) is -5.75. The van der Waals surface area contributed by atoms with Gasteiger partial charge >= 0.3 is 0 Å². The molecule has 82 valence electrons. The van der Waals surface area contributed by atoms with E-state index in [1.165, 1.54) is 0 Å². The Bertz CT molecular complexity index is 218. The molecule has 0 bridgehead atoms. The van der Waals surface area contributed by atoms with E-state index in [1.54, 1.807) is 0 Å². The molecule has 4 N–H and O–H groups in total. The van der Waals surface area contributed by atoms with Crippen molar-refractivity contribution in [3.63, 3.8) is 0 Å². The molecule has 0 heterocycles. The van der Waals surface area contributed by atoms with Gasteiger partial charge < -0.3 is 20.4 Å². The lowest BCUT2D eigenvalue weighted by atomic mass is 10.1. The van der Waals surface area contributed by atoms with Crippen molar-refractivity contribution in [3.05, 3.63) is 10.1 Å². The molecule has 0 fully saturated rings. The molecule has 0 saturated heterocycles. The molecule has 0 radical (unpaired) electrons. The van der Waals surface area contributed by atoms with Crippen molar-refractivity contribution in [2.45, 2.75) is 18.3 Å². The van der Waals surface area contributed by atoms with E-state index in [0.717, 1.165) is 0 Å². The topological polar surface area (TPSA) is 141 Å². The van der Waals surface area contributed by atoms with E-state index >= 15 is 0 Å². The fourth-order valence-corrected chi connectivity index (χ4v) is 0.718. The highest BCUT2D eigenvalue weighted by Gasteiger charge is 2.31. The van der Waals surface area contributed by atoms with Gasteiger partial charge in [0.05, 0.1) is 6.61 Å². The summed E-state index contributed by atoms with van der Waals surface area (Å²) in [4.78, 5) is 19.8. The minimum absolute atomic E-state index is 0.877. The van der Waals surface area contributed by atoms with Crippen LogP contribution < -0.4 is 0 Å². The van der Waals surface area contributed by atoms with Gasteiger partial charge in [0.15, 0.2) is 11.9 Å². The van der Waals surface area contributed by atoms with Gasteiger partial charge in [0.1, 0.15) is 12.2 Å². The van der Waals surface area contributed by atoms with Crippen molar-refractivity contribution in [2.75, 3.05) is 13.2 Å². The van der Waals surface area contributed by atoms with Gasteiger partial charge in [-0.2, -0.15) is 0 Å². The van der Waals surface area contributed by atoms with Gasteiger partial charge in [-0.15, -0.1) is 0 Å². The van der Waals surface area contributed by atoms with Crippen LogP contribution in [-0.4, -0.2) is 62.6 Å². The number of hydrogen-bond acceptors (Lipinski definition) is 7. The Morgan fingerprint density at radius 1 is 1.36 bits per heavy atom. The number of aliphatic hydroxyl groups excluding tert-OH is 4. The van der Waals surface area contributed by atoms with Crippen molar-refractivity contribution in [1.29, 1.82) is 0 Å². The summed E-state index contributed by atoms with van der Waals surface area (Å²) in [5.41, 5.74) is 0. The lowest BCUT2D eigenvalue weighted by Crippen LogP contribution is -2.44. The summed E-state index contributed by atoms with van der Waals surface area (Å²) in [5.74, 6) is -1.29. The lowest BCUT2D eigenvalue weighted by molar-refractivity contribution is -0.487. The zero-order valence-corrected chi connectivity index (χ0v) is 7.11. The Balaban J connectivity index is 4.23. The number of nitro groups is 1. The number of nitrogens with zero attached hydrogens (tertiary/aromatic N) is 1. The number of aliphatic hydroxyl groups is 4. The van der Waals surface area contributed by atoms with E-state index in [9.17, 15) is 14.9 Å². The Morgan fingerprint density at radius 3 is 2.21 bits per heavy atom. The molecule has 0 amide bonds. The van der Waals surface area contributed by atoms with E-state index in [4.69, 9.17) is 20.4 Å². The van der Waals surface area contributed by atoms with Gasteiger partial charge in [-0.1, -0.05) is 0 Å². The minimum atomic E-state index is -2.02. The monoisotopic (exact) mass is 209 g/mol. The standard InChI is InChI=1S/C6H11NO7/c8-2-4(10)6(12)5(11)3(9)1-7(13)14/h3-4,6,8-10,12H,1-2H2/t3?,4-,6+/m1/s1. The van der Waals surface area contributed by atoms with Gasteiger partial charge in [-0.25, -0.2) is 0 Å². The Kier molecular flexibility index (Phi) is 5.16. The van der Waals surface area contributed by atoms with Crippen molar-refractivity contribution in [2.24, 2.45) is 0 Å². The van der Waals surface area contributed by atoms with Crippen molar-refractivity contribution < 1.29 is 30.1 Å². The van der Waals surface area contributed by atoms with Crippen LogP contribution in [0.3, 0.4) is 0 Å². The van der Waals surface area contributed by atoms with E-state index in [-0.39, 0.29) is 0 Å². The lowest BCUT2D eigenvalue weighted by Gasteiger charge is -2.15. The fourth-order valence-electron chi connectivity index (χ4n) is 0.718. The highest BCUT2D eigenvalue weighted by atomic mass is 16.6. The number of carbonyl (C=O) groups is 1. The molecule has 1 unspecified atom stereocenters. The first-order valence-electron chi connectivity index (χ1n) is 3.70. The third kappa shape index (κ3) is 3.75. The van der Waals surface area contributed by atoms with Crippen LogP contribution in [0.4, 0.5) is 0 Å². The Labute approximate surface area is 78.6 Å². The van der Waals surface area contributed by atoms with Crippen LogP contribution in [0, 0.1) is 10.1 Å². The largest absolute Gasteiger partial charge is 0.394 e. The summed E-state index contributed by atoms with van der Waals surface area (Å²) < 4.78 is 0. The molecule has 0 aliphatic carbocycles. The van der Waals surface area contributed by atoms with Gasteiger partial charge in [-0.3, -0.25) is 14.9 Å². The first-order valence-corrected chi connectivity index (χ1v) is 3.70. The number of hydrogen-bond donors (Lipinski definition) is 4. The maximum absolute atomic E-state index is 10.9. The molecule has 14 heavy (non-hydrogen) atoms. The average Bonchev–Trinajstić information content (AvgIpc) is 2.13. The molecule has 0 aromatic heterocycles. The number of Topliss-reactive ketones (excluding diaryl/α,β-unsaturated/α-hetero) is 1. The van der Waals surface area contributed by atoms with Crippen molar-refractivity contribution >= 4 is 5.78 Å². The van der Waals surface area contributed by atoms with Crippen LogP contribution in [0.2, 0.25) is 0 Å². The molecule has 0 aromatic carbocycles. The maximum atomic E-state index is 10.9. The van der Waals surface area contributed by atoms with Crippen molar-refractivity contribution in [1.82, 2.24) is 0 Å². The molecule has 3 atom stereocenters. The summed E-state index contributed by atoms with van der Waals surface area (Å²) in [7, 11) is 0. The Hall–Kier alpha value is -1.09. The maximum Gasteiger partial charge on any atom is 0.236 e. The predicted octanol–water partition coefficient (Wildman–Crippen LogP) is -3.09. The van der Waals surface area contributed by atoms with Crippen LogP contribution in [0.1, 0.15) is 0 Å². The first kappa shape index (κ1) is 12.9. The second kappa shape index (κ2) is 5.60. The first-order chi connectivity index (χ1) is 6.40. The molecule has 0 aliphatic rings. The average molecular weight is 209 g/mol. The van der Waals surface area contributed by atoms with Gasteiger partial charge in [-0.05, 0) is 0 Å². The van der Waals surface area contributed by atoms with E-state index in [2.05, 4.69) is 0 Å². The molecule has 0 spiro atoms. The quantitative estimate of drug-likeness (QED) is 0.268. The summed E-state index contributed by atoms with van der Waals surface area (Å²) in [6, 6.07) is 0. The smallest absolute Gasteiger partial charge is 0.236 e. The summed E-state index contributed by atoms with van der Waals surface area (Å²) in [6.45, 7) is -1.92. The zero-order chi connectivity index (χ0) is 11.3. The predicted molar refractivity (Wildman–Crippen MR) is 42.0 cm³/mol. The number of carbonyl (C=O) groups excluding carboxylic acids is 1. The summed E-state index contributed by atoms with van der Waals surface area (Å²) >= 11 is 0. The van der Waals surface area contributed by atoms with Crippen LogP contribution in [-0.2, 0) is 4.79 Å². The molecule has 0 aromatic rings. The van der Waals surface area contributed by atoms with Crippen LogP contribution in [0.5, 0.6) is 0 Å². The summed E-state index contributed by atoms with van der Waals surface area (Å²) in [5, 5.41) is 44.8. The van der Waals surface area contributed by atoms with Gasteiger partial charge in [0.25, 0.3) is 0 Å². The highest BCUT2D eigenvalue weighted by Crippen LogP contribution is 1.99. The van der Waals surface area contributed by atoms with Crippen LogP contribution in [0.15, 0.2) is 0 Å². The third-order valence-corrected chi connectivity index (χ3v) is 1.49. The number of ketones is 1. The van der Waals surface area contributed by atoms with E-state index in [0.29, 0.717) is 0 Å². The van der Waals surface area contributed by atoms with Gasteiger partial charge in [0.2, 0.25) is 6.54 Å². The highest BCUT2D eigenvalue weighted by molar-refractivity contribution is 5.87. The van der Waals surface area contributed by atoms with Crippen LogP contribution >= 0.6 is 0 Å². The third-order valence-electron chi connectivity index (χ3n) is 1.49. The minimum Gasteiger partial charge on any atom is -0.394 e. The van der Waals surface area contributed by atoms with Crippen LogP contribution in [0.25, 0.3) is 0 Å². The fraction of sp³-hybridized carbons (Fsp3) is 0.833. The van der Waals surface area contributed by atoms with Crippen molar-refractivity contribution in [3.8, 4) is 0 Å². The zero-order valence-electron chi connectivity index (χ0n) is 7.11. The normalized spacial score (nSPS) is 17.1. The Morgan fingerprint density at radius 2 is 1.86 bits per heavy atom.